The van der Waals surface area contributed by atoms with Gasteiger partial charge in [0, 0.05) is 29.8 Å². The summed E-state index contributed by atoms with van der Waals surface area (Å²) in [5, 5.41) is 39.9. The molecule has 202 valence electrons. The molecule has 4 aromatic rings. The summed E-state index contributed by atoms with van der Waals surface area (Å²) in [5.41, 5.74) is 2.47. The normalized spacial score (nSPS) is 22.9. The van der Waals surface area contributed by atoms with Gasteiger partial charge in [-0.15, -0.1) is 15.3 Å². The van der Waals surface area contributed by atoms with Gasteiger partial charge < -0.3 is 20.3 Å². The maximum Gasteiger partial charge on any atom is 0.224 e. The first-order valence-corrected chi connectivity index (χ1v) is 12.2. The third kappa shape index (κ3) is 4.56. The van der Waals surface area contributed by atoms with E-state index >= 15 is 0 Å². The van der Waals surface area contributed by atoms with Crippen LogP contribution in [0.25, 0.3) is 16.9 Å². The smallest absolute Gasteiger partial charge is 0.224 e. The Kier molecular flexibility index (Phi) is 6.37. The number of carbonyl (C=O) groups excluding carboxylic acids is 1. The number of nitrogens with one attached hydrogen (secondary N) is 1. The van der Waals surface area contributed by atoms with Gasteiger partial charge in [-0.05, 0) is 42.3 Å². The molecule has 2 aromatic carbocycles. The third-order valence-electron chi connectivity index (χ3n) is 7.00. The van der Waals surface area contributed by atoms with E-state index in [1.165, 1.54) is 17.2 Å². The number of hydrogen-bond donors (Lipinski definition) is 3. The number of nitrogens with zero attached hydrogens (tertiary/aromatic N) is 6. The first-order chi connectivity index (χ1) is 18.8. The zero-order valence-corrected chi connectivity index (χ0v) is 20.2. The summed E-state index contributed by atoms with van der Waals surface area (Å²) in [7, 11) is 0. The Morgan fingerprint density at radius 1 is 1.10 bits per heavy atom. The molecule has 3 N–H and O–H groups in total. The molecule has 4 heterocycles. The second-order valence-corrected chi connectivity index (χ2v) is 9.43. The molecule has 1 saturated heterocycles. The van der Waals surface area contributed by atoms with E-state index in [4.69, 9.17) is 4.74 Å². The molecule has 0 saturated carbocycles. The number of rotatable bonds is 5. The minimum Gasteiger partial charge on any atom is -0.394 e. The van der Waals surface area contributed by atoms with Gasteiger partial charge in [0.25, 0.3) is 0 Å². The van der Waals surface area contributed by atoms with Crippen molar-refractivity contribution in [2.24, 2.45) is 0 Å². The number of fused-ring (bicyclic) bond motifs is 1. The average molecular weight is 541 g/mol. The molecule has 0 bridgehead atoms. The number of amides is 1. The minimum absolute atomic E-state index is 0.0298. The zero-order chi connectivity index (χ0) is 27.3. The topological polar surface area (TPSA) is 140 Å². The third-order valence-corrected chi connectivity index (χ3v) is 7.00. The molecule has 39 heavy (non-hydrogen) atoms. The quantitative estimate of drug-likeness (QED) is 0.327. The molecule has 1 amide bonds. The number of carbonyl (C=O) groups is 1. The molecule has 6 rings (SSSR count). The van der Waals surface area contributed by atoms with Crippen molar-refractivity contribution in [2.45, 2.75) is 43.6 Å². The van der Waals surface area contributed by atoms with Gasteiger partial charge in [-0.1, -0.05) is 5.21 Å². The van der Waals surface area contributed by atoms with Gasteiger partial charge >= 0.3 is 0 Å². The van der Waals surface area contributed by atoms with Crippen LogP contribution in [-0.4, -0.2) is 64.7 Å². The molecule has 2 aromatic heterocycles. The molecule has 1 fully saturated rings. The van der Waals surface area contributed by atoms with E-state index in [1.54, 1.807) is 16.7 Å². The Balaban J connectivity index is 1.30. The van der Waals surface area contributed by atoms with E-state index in [9.17, 15) is 28.2 Å². The number of benzene rings is 2. The first-order valence-electron chi connectivity index (χ1n) is 12.2. The largest absolute Gasteiger partial charge is 0.394 e. The Morgan fingerprint density at radius 3 is 2.67 bits per heavy atom. The van der Waals surface area contributed by atoms with Gasteiger partial charge in [0.1, 0.15) is 30.3 Å². The molecule has 4 unspecified atom stereocenters. The zero-order valence-electron chi connectivity index (χ0n) is 20.2. The Bertz CT molecular complexity index is 1540. The molecule has 2 aliphatic rings. The maximum atomic E-state index is 13.8. The van der Waals surface area contributed by atoms with Crippen molar-refractivity contribution < 1.29 is 32.9 Å². The van der Waals surface area contributed by atoms with Crippen molar-refractivity contribution in [3.05, 3.63) is 71.7 Å². The summed E-state index contributed by atoms with van der Waals surface area (Å²) in [4.78, 5) is 11.7. The van der Waals surface area contributed by atoms with Crippen molar-refractivity contribution in [1.82, 2.24) is 29.8 Å². The van der Waals surface area contributed by atoms with E-state index in [1.807, 2.05) is 6.07 Å². The maximum absolute atomic E-state index is 13.8. The van der Waals surface area contributed by atoms with Crippen LogP contribution in [0.4, 0.5) is 18.9 Å². The monoisotopic (exact) mass is 541 g/mol. The highest BCUT2D eigenvalue weighted by Crippen LogP contribution is 2.38. The molecule has 2 aliphatic heterocycles. The van der Waals surface area contributed by atoms with Gasteiger partial charge in [0.2, 0.25) is 5.91 Å². The number of aliphatic hydroxyl groups excluding tert-OH is 2. The van der Waals surface area contributed by atoms with Crippen LogP contribution in [0.5, 0.6) is 0 Å². The predicted molar refractivity (Wildman–Crippen MR) is 128 cm³/mol. The average Bonchev–Trinajstić information content (AvgIpc) is 3.62. The number of halogens is 3. The van der Waals surface area contributed by atoms with Crippen molar-refractivity contribution in [3.63, 3.8) is 0 Å². The van der Waals surface area contributed by atoms with Crippen LogP contribution in [0, 0.1) is 17.5 Å². The number of ether oxygens (including phenoxy) is 1. The lowest BCUT2D eigenvalue weighted by atomic mass is 9.95. The van der Waals surface area contributed by atoms with E-state index in [0.717, 1.165) is 29.1 Å². The van der Waals surface area contributed by atoms with E-state index in [-0.39, 0.29) is 23.6 Å². The van der Waals surface area contributed by atoms with Gasteiger partial charge in [-0.3, -0.25) is 9.36 Å². The predicted octanol–water partition coefficient (Wildman–Crippen LogP) is 2.25. The number of hydrogen-bond acceptors (Lipinski definition) is 8. The molecule has 11 nitrogen and oxygen atoms in total. The fourth-order valence-corrected chi connectivity index (χ4v) is 4.99. The summed E-state index contributed by atoms with van der Waals surface area (Å²) in [5.74, 6) is -3.95. The van der Waals surface area contributed by atoms with Crippen LogP contribution in [0.15, 0.2) is 42.9 Å². The lowest BCUT2D eigenvalue weighted by Gasteiger charge is -2.38. The Morgan fingerprint density at radius 2 is 1.90 bits per heavy atom. The lowest BCUT2D eigenvalue weighted by molar-refractivity contribution is -0.161. The lowest BCUT2D eigenvalue weighted by Crippen LogP contribution is -2.45. The van der Waals surface area contributed by atoms with Crippen LogP contribution >= 0.6 is 0 Å². The summed E-state index contributed by atoms with van der Waals surface area (Å²) in [6.45, 7) is -0.503. The summed E-state index contributed by atoms with van der Waals surface area (Å²) in [6, 6.07) is 6.37. The van der Waals surface area contributed by atoms with Crippen LogP contribution in [0.2, 0.25) is 0 Å². The van der Waals surface area contributed by atoms with E-state index < -0.39 is 48.4 Å². The van der Waals surface area contributed by atoms with Gasteiger partial charge in [-0.25, -0.2) is 17.9 Å². The molecule has 0 radical (unpaired) electrons. The van der Waals surface area contributed by atoms with Crippen LogP contribution < -0.4 is 5.32 Å². The van der Waals surface area contributed by atoms with E-state index in [2.05, 4.69) is 25.8 Å². The standard InChI is InChI=1S/C25H22F3N7O4/c26-15-6-13(7-16(27)23(15)28)18-9-35(33-31-18)19-8-20(39-21(10-36)24(19)38)25-32-29-11-34(25)14-2-3-17-12(5-14)1-4-22(37)30-17/h2-3,5-7,9,11,19-21,24,36,38H,1,4,8,10H2,(H,30,37). The van der Waals surface area contributed by atoms with Crippen molar-refractivity contribution in [1.29, 1.82) is 0 Å². The molecule has 0 spiro atoms. The molecule has 4 atom stereocenters. The SMILES string of the molecule is O=C1CCc2cc(-n3cnnc3C3CC(n4cc(-c5cc(F)c(F)c(F)c5)nn4)C(O)C(CO)O3)ccc2N1. The van der Waals surface area contributed by atoms with Gasteiger partial charge in [0.05, 0.1) is 18.8 Å². The van der Waals surface area contributed by atoms with Crippen molar-refractivity contribution in [2.75, 3.05) is 11.9 Å². The highest BCUT2D eigenvalue weighted by atomic mass is 19.2. The van der Waals surface area contributed by atoms with Crippen LogP contribution in [0.1, 0.15) is 36.4 Å². The summed E-state index contributed by atoms with van der Waals surface area (Å²) >= 11 is 0. The van der Waals surface area contributed by atoms with Crippen molar-refractivity contribution in [3.8, 4) is 16.9 Å². The second-order valence-electron chi connectivity index (χ2n) is 9.43. The molecule has 0 aliphatic carbocycles. The first kappa shape index (κ1) is 25.2. The number of aryl methyl sites for hydroxylation is 1. The van der Waals surface area contributed by atoms with Crippen LogP contribution in [0.3, 0.4) is 0 Å². The molecule has 14 heteroatoms. The summed E-state index contributed by atoms with van der Waals surface area (Å²) < 4.78 is 49.9. The Labute approximate surface area is 218 Å². The van der Waals surface area contributed by atoms with Crippen LogP contribution in [-0.2, 0) is 16.0 Å². The molecular weight excluding hydrogens is 519 g/mol. The molecular formula is C25H22F3N7O4. The highest BCUT2D eigenvalue weighted by molar-refractivity contribution is 5.94. The minimum atomic E-state index is -1.59. The fraction of sp³-hybridized carbons (Fsp3) is 0.320. The van der Waals surface area contributed by atoms with Gasteiger partial charge in [-0.2, -0.15) is 0 Å². The fourth-order valence-electron chi connectivity index (χ4n) is 4.99. The second kappa shape index (κ2) is 9.87. The summed E-state index contributed by atoms with van der Waals surface area (Å²) in [6.07, 6.45) is 1.06. The van der Waals surface area contributed by atoms with Gasteiger partial charge in [0.15, 0.2) is 23.3 Å². The highest BCUT2D eigenvalue weighted by Gasteiger charge is 2.41. The number of aromatic nitrogens is 6. The van der Waals surface area contributed by atoms with Crippen molar-refractivity contribution >= 4 is 11.6 Å². The Hall–Kier alpha value is -4.14. The number of aliphatic hydroxyl groups is 2. The van der Waals surface area contributed by atoms with E-state index in [0.29, 0.717) is 18.7 Å². The number of anilines is 1.